The first kappa shape index (κ1) is 26.8. The van der Waals surface area contributed by atoms with E-state index < -0.39 is 10.0 Å². The van der Waals surface area contributed by atoms with Gasteiger partial charge < -0.3 is 4.90 Å². The van der Waals surface area contributed by atoms with Crippen LogP contribution in [0.4, 0.5) is 15.3 Å². The summed E-state index contributed by atoms with van der Waals surface area (Å²) in [6, 6.07) is 10.4. The molecular weight excluding hydrogens is 545 g/mol. The Kier molecular flexibility index (Phi) is 7.85. The van der Waals surface area contributed by atoms with Crippen molar-refractivity contribution in [2.75, 3.05) is 36.7 Å². The molecule has 0 spiro atoms. The van der Waals surface area contributed by atoms with Gasteiger partial charge in [0.05, 0.1) is 17.1 Å². The van der Waals surface area contributed by atoms with Crippen molar-refractivity contribution in [1.82, 2.24) is 18.7 Å². The number of aromatic nitrogens is 3. The van der Waals surface area contributed by atoms with Gasteiger partial charge in [-0.3, -0.25) is 4.40 Å². The molecule has 38 heavy (non-hydrogen) atoms. The Bertz CT molecular complexity index is 1580. The number of hydrogen-bond donors (Lipinski definition) is 0. The summed E-state index contributed by atoms with van der Waals surface area (Å²) < 4.78 is 42.1. The van der Waals surface area contributed by atoms with E-state index in [4.69, 9.17) is 21.6 Å². The van der Waals surface area contributed by atoms with Gasteiger partial charge in [-0.2, -0.15) is 4.31 Å². The Morgan fingerprint density at radius 2 is 1.89 bits per heavy atom. The molecule has 0 radical (unpaired) electrons. The molecule has 0 saturated heterocycles. The summed E-state index contributed by atoms with van der Waals surface area (Å²) in [5, 5.41) is 2.78. The lowest BCUT2D eigenvalue weighted by molar-refractivity contribution is 0.440. The smallest absolute Gasteiger partial charge is 0.214 e. The van der Waals surface area contributed by atoms with Gasteiger partial charge >= 0.3 is 0 Å². The maximum atomic E-state index is 13.4. The molecule has 11 heteroatoms. The maximum absolute atomic E-state index is 13.4. The molecule has 1 aromatic carbocycles. The molecule has 1 aliphatic heterocycles. The van der Waals surface area contributed by atoms with E-state index in [1.54, 1.807) is 12.1 Å². The summed E-state index contributed by atoms with van der Waals surface area (Å²) in [6.45, 7) is 2.89. The number of pyridine rings is 1. The Balaban J connectivity index is 1.44. The predicted octanol–water partition coefficient (Wildman–Crippen LogP) is 5.98. The zero-order valence-electron chi connectivity index (χ0n) is 21.3. The first-order chi connectivity index (χ1) is 18.3. The fourth-order valence-electron chi connectivity index (χ4n) is 4.66. The highest BCUT2D eigenvalue weighted by Gasteiger charge is 2.25. The topological polar surface area (TPSA) is 70.8 Å². The maximum Gasteiger partial charge on any atom is 0.214 e. The van der Waals surface area contributed by atoms with Crippen LogP contribution < -0.4 is 4.90 Å². The molecule has 0 aliphatic carbocycles. The van der Waals surface area contributed by atoms with Crippen molar-refractivity contribution >= 4 is 55.1 Å². The molecule has 0 fully saturated rings. The fraction of sp³-hybridized carbons (Fsp3) is 0.333. The van der Waals surface area contributed by atoms with Crippen LogP contribution in [0.1, 0.15) is 31.0 Å². The highest BCUT2D eigenvalue weighted by molar-refractivity contribution is 7.89. The van der Waals surface area contributed by atoms with Crippen LogP contribution in [0.5, 0.6) is 0 Å². The zero-order chi connectivity index (χ0) is 26.9. The Labute approximate surface area is 231 Å². The van der Waals surface area contributed by atoms with Gasteiger partial charge in [0.2, 0.25) is 10.0 Å². The summed E-state index contributed by atoms with van der Waals surface area (Å²) >= 11 is 7.22. The van der Waals surface area contributed by atoms with Crippen molar-refractivity contribution in [3.8, 4) is 11.3 Å². The van der Waals surface area contributed by atoms with Crippen molar-refractivity contribution in [1.29, 1.82) is 0 Å². The Hall–Kier alpha value is -2.79. The van der Waals surface area contributed by atoms with Gasteiger partial charge in [-0.15, -0.1) is 22.9 Å². The third kappa shape index (κ3) is 5.36. The van der Waals surface area contributed by atoms with Gasteiger partial charge in [-0.05, 0) is 66.8 Å². The first-order valence-corrected chi connectivity index (χ1v) is 15.5. The molecule has 0 N–H and O–H groups in total. The standard InChI is InChI=1S/C27H29ClFN5O2S2/c1-3-23-26(32(2)27-31-24(18-37-27)20-5-8-22(29)9-6-20)34-17-21(7-10-25(34)30-23)19-11-14-33(15-12-19)38(35,36)16-4-13-28/h5-11,17-18H,3-4,12-16H2,1-2H3. The summed E-state index contributed by atoms with van der Waals surface area (Å²) in [6.07, 6.45) is 5.92. The number of rotatable bonds is 9. The number of sulfonamides is 1. The zero-order valence-corrected chi connectivity index (χ0v) is 23.7. The summed E-state index contributed by atoms with van der Waals surface area (Å²) in [5.74, 6) is 1.08. The summed E-state index contributed by atoms with van der Waals surface area (Å²) in [5.41, 5.74) is 5.60. The lowest BCUT2D eigenvalue weighted by Crippen LogP contribution is -2.36. The molecule has 200 valence electrons. The third-order valence-corrected chi connectivity index (χ3v) is 9.81. The number of fused-ring (bicyclic) bond motifs is 1. The SMILES string of the molecule is CCc1nc2ccc(C3=CCN(S(=O)(=O)CCCCl)CC3)cn2c1N(C)c1nc(-c2ccc(F)cc2)cs1. The molecule has 0 bridgehead atoms. The molecule has 0 amide bonds. The van der Waals surface area contributed by atoms with E-state index in [0.29, 0.717) is 31.8 Å². The van der Waals surface area contributed by atoms with Crippen molar-refractivity contribution < 1.29 is 12.8 Å². The number of nitrogens with zero attached hydrogens (tertiary/aromatic N) is 5. The van der Waals surface area contributed by atoms with E-state index >= 15 is 0 Å². The second-order valence-electron chi connectivity index (χ2n) is 9.16. The Morgan fingerprint density at radius 3 is 2.58 bits per heavy atom. The second-order valence-corrected chi connectivity index (χ2v) is 12.5. The molecule has 0 unspecified atom stereocenters. The number of hydrogen-bond acceptors (Lipinski definition) is 6. The van der Waals surface area contributed by atoms with Gasteiger partial charge in [0.15, 0.2) is 5.13 Å². The monoisotopic (exact) mass is 573 g/mol. The predicted molar refractivity (Wildman–Crippen MR) is 153 cm³/mol. The molecule has 5 rings (SSSR count). The molecule has 1 aliphatic rings. The molecule has 7 nitrogen and oxygen atoms in total. The van der Waals surface area contributed by atoms with Crippen LogP contribution in [0.25, 0.3) is 22.5 Å². The number of thiazole rings is 1. The van der Waals surface area contributed by atoms with E-state index in [1.807, 2.05) is 35.5 Å². The van der Waals surface area contributed by atoms with Crippen LogP contribution >= 0.6 is 22.9 Å². The Morgan fingerprint density at radius 1 is 1.13 bits per heavy atom. The highest BCUT2D eigenvalue weighted by atomic mass is 35.5. The minimum Gasteiger partial charge on any atom is -0.305 e. The van der Waals surface area contributed by atoms with Gasteiger partial charge in [-0.1, -0.05) is 13.0 Å². The van der Waals surface area contributed by atoms with E-state index in [2.05, 4.69) is 17.5 Å². The second kappa shape index (κ2) is 11.1. The lowest BCUT2D eigenvalue weighted by Gasteiger charge is -2.26. The molecule has 3 aromatic heterocycles. The number of aryl methyl sites for hydroxylation is 1. The van der Waals surface area contributed by atoms with Crippen LogP contribution in [0.15, 0.2) is 54.1 Å². The molecule has 4 aromatic rings. The van der Waals surface area contributed by atoms with Crippen molar-refractivity contribution in [2.45, 2.75) is 26.2 Å². The van der Waals surface area contributed by atoms with Crippen LogP contribution in [0.3, 0.4) is 0 Å². The van der Waals surface area contributed by atoms with Crippen LogP contribution in [0.2, 0.25) is 0 Å². The number of anilines is 2. The fourth-order valence-corrected chi connectivity index (χ4v) is 7.19. The van der Waals surface area contributed by atoms with Crippen molar-refractivity contribution in [2.24, 2.45) is 0 Å². The van der Waals surface area contributed by atoms with Gasteiger partial charge in [0, 0.05) is 43.2 Å². The highest BCUT2D eigenvalue weighted by Crippen LogP contribution is 2.34. The largest absolute Gasteiger partial charge is 0.305 e. The summed E-state index contributed by atoms with van der Waals surface area (Å²) in [4.78, 5) is 11.7. The normalized spacial score (nSPS) is 14.7. The van der Waals surface area contributed by atoms with Crippen molar-refractivity contribution in [3.63, 3.8) is 0 Å². The van der Waals surface area contributed by atoms with E-state index in [9.17, 15) is 12.8 Å². The van der Waals surface area contributed by atoms with Crippen molar-refractivity contribution in [3.05, 3.63) is 71.1 Å². The average molecular weight is 574 g/mol. The number of benzene rings is 1. The van der Waals surface area contributed by atoms with Gasteiger partial charge in [0.25, 0.3) is 0 Å². The molecular formula is C27H29ClFN5O2S2. The minimum atomic E-state index is -3.30. The quantitative estimate of drug-likeness (QED) is 0.231. The molecule has 0 atom stereocenters. The molecule has 0 saturated carbocycles. The lowest BCUT2D eigenvalue weighted by atomic mass is 10.0. The number of halogens is 2. The van der Waals surface area contributed by atoms with E-state index in [-0.39, 0.29) is 11.6 Å². The molecule has 4 heterocycles. The van der Waals surface area contributed by atoms with Crippen LogP contribution in [-0.2, 0) is 16.4 Å². The first-order valence-electron chi connectivity index (χ1n) is 12.5. The summed E-state index contributed by atoms with van der Waals surface area (Å²) in [7, 11) is -1.32. The van der Waals surface area contributed by atoms with E-state index in [0.717, 1.165) is 51.1 Å². The van der Waals surface area contributed by atoms with Gasteiger partial charge in [-0.25, -0.2) is 22.8 Å². The van der Waals surface area contributed by atoms with Crippen LogP contribution in [-0.4, -0.2) is 58.9 Å². The average Bonchev–Trinajstić information content (AvgIpc) is 3.57. The number of alkyl halides is 1. The minimum absolute atomic E-state index is 0.0792. The van der Waals surface area contributed by atoms with E-state index in [1.165, 1.54) is 27.8 Å². The third-order valence-electron chi connectivity index (χ3n) is 6.71. The van der Waals surface area contributed by atoms with Crippen LogP contribution in [0, 0.1) is 5.82 Å². The van der Waals surface area contributed by atoms with Gasteiger partial charge in [0.1, 0.15) is 17.3 Å². The number of imidazole rings is 1.